The summed E-state index contributed by atoms with van der Waals surface area (Å²) in [5, 5.41) is 89.9. The topological polar surface area (TPSA) is 412 Å². The van der Waals surface area contributed by atoms with E-state index in [9.17, 15) is 83.7 Å². The van der Waals surface area contributed by atoms with Crippen LogP contribution in [0.4, 0.5) is 0 Å². The average molecular weight is 1280 g/mol. The zero-order valence-electron chi connectivity index (χ0n) is 49.6. The Kier molecular flexibility index (Phi) is 25.4. The van der Waals surface area contributed by atoms with E-state index in [1.54, 1.807) is 26.0 Å². The number of cyclic esters (lactones) is 1. The monoisotopic (exact) mass is 1280 g/mol. The number of carbonyl (C=O) groups excluding carboxylic acids is 10. The Morgan fingerprint density at radius 1 is 0.713 bits per heavy atom. The van der Waals surface area contributed by atoms with E-state index < -0.39 is 156 Å². The Balaban J connectivity index is 1.52. The average Bonchev–Trinajstić information content (AvgIpc) is 1.35. The maximum Gasteiger partial charge on any atom is 0.329 e. The molecule has 0 radical (unpaired) electrons. The molecule has 9 amide bonds. The molecule has 2 bridgehead atoms. The van der Waals surface area contributed by atoms with Crippen LogP contribution in [0, 0.1) is 11.8 Å². The van der Waals surface area contributed by atoms with E-state index in [1.807, 2.05) is 0 Å². The highest BCUT2D eigenvalue weighted by molar-refractivity contribution is 9.10. The fourth-order valence-electron chi connectivity index (χ4n) is 9.89. The molecule has 28 heteroatoms. The van der Waals surface area contributed by atoms with Crippen molar-refractivity contribution in [2.75, 3.05) is 13.7 Å². The number of amides is 9. The molecule has 87 heavy (non-hydrogen) atoms. The minimum absolute atomic E-state index is 0.0139. The number of rotatable bonds is 20. The van der Waals surface area contributed by atoms with Crippen molar-refractivity contribution >= 4 is 75.1 Å². The molecule has 3 aromatic rings. The minimum atomic E-state index is -1.93. The first kappa shape index (κ1) is 69.8. The Hall–Kier alpha value is -7.92. The van der Waals surface area contributed by atoms with Crippen molar-refractivity contribution in [1.29, 1.82) is 0 Å². The van der Waals surface area contributed by atoms with Crippen molar-refractivity contribution in [3.05, 3.63) is 87.9 Å². The van der Waals surface area contributed by atoms with Crippen LogP contribution in [0.5, 0.6) is 17.2 Å². The molecule has 2 aliphatic rings. The van der Waals surface area contributed by atoms with Crippen LogP contribution in [0.25, 0.3) is 0 Å². The van der Waals surface area contributed by atoms with Gasteiger partial charge in [-0.2, -0.15) is 0 Å². The second-order valence-corrected chi connectivity index (χ2v) is 23.4. The first-order valence-corrected chi connectivity index (χ1v) is 29.3. The number of nitrogens with one attached hydrogen (secondary N) is 7. The summed E-state index contributed by atoms with van der Waals surface area (Å²) in [4.78, 5) is 145. The van der Waals surface area contributed by atoms with E-state index in [2.05, 4.69) is 53.1 Å². The summed E-state index contributed by atoms with van der Waals surface area (Å²) in [5.74, 6) is -12.1. The molecule has 0 aromatic heterocycles. The van der Waals surface area contributed by atoms with Gasteiger partial charge in [-0.15, -0.1) is 0 Å². The number of hydrogen-bond donors (Lipinski definition) is 14. The Morgan fingerprint density at radius 2 is 1.32 bits per heavy atom. The number of piperidine rings is 1. The lowest BCUT2D eigenvalue weighted by Crippen LogP contribution is -2.67. The summed E-state index contributed by atoms with van der Waals surface area (Å²) in [6.45, 7) is 8.92. The molecule has 0 saturated carbocycles. The van der Waals surface area contributed by atoms with Gasteiger partial charge in [0.25, 0.3) is 5.91 Å². The van der Waals surface area contributed by atoms with Crippen LogP contribution in [0.3, 0.4) is 0 Å². The van der Waals surface area contributed by atoms with Gasteiger partial charge in [-0.1, -0.05) is 58.0 Å². The number of benzene rings is 3. The number of aliphatic hydroxyl groups excluding tert-OH is 4. The lowest BCUT2D eigenvalue weighted by atomic mass is 9.96. The van der Waals surface area contributed by atoms with Crippen molar-refractivity contribution in [3.63, 3.8) is 0 Å². The fourth-order valence-corrected chi connectivity index (χ4v) is 10.3. The van der Waals surface area contributed by atoms with E-state index >= 15 is 0 Å². The van der Waals surface area contributed by atoms with Gasteiger partial charge in [-0.25, -0.2) is 4.79 Å². The lowest BCUT2D eigenvalue weighted by molar-refractivity contribution is -0.170. The predicted molar refractivity (Wildman–Crippen MR) is 314 cm³/mol. The van der Waals surface area contributed by atoms with Crippen LogP contribution in [0.1, 0.15) is 90.8 Å². The number of ether oxygens (including phenoxy) is 1. The van der Waals surface area contributed by atoms with Crippen LogP contribution in [-0.4, -0.2) is 197 Å². The third-order valence-corrected chi connectivity index (χ3v) is 15.7. The number of nitrogens with zero attached hydrogens (tertiary/aromatic N) is 2. The maximum atomic E-state index is 15.0. The zero-order valence-corrected chi connectivity index (χ0v) is 51.1. The van der Waals surface area contributed by atoms with Crippen molar-refractivity contribution in [2.45, 2.75) is 172 Å². The van der Waals surface area contributed by atoms with Crippen LogP contribution < -0.4 is 37.2 Å². The second-order valence-electron chi connectivity index (χ2n) is 22.6. The van der Waals surface area contributed by atoms with E-state index in [0.29, 0.717) is 28.9 Å². The standard InChI is InChI=1S/C59H80BrN9O18/c1-28(2)46(65-50(77)30(5)61-51(78)39(62-54(81)44(75)27-70)11-9-10-33-12-17-36(72)18-13-33)55(82)67-48-32(7)87-59(86)47(29(3)4)66-53(80)42(26-35-16-22-43(74)38(60)24-35)68(8)58(85)49(31(6)71)69-45(76)23-21-40(57(69)84)63-52(79)41(64-56(48)83)25-34-14-19-37(73)20-15-34/h12-20,22,24,28-32,39-42,44-49,70-76H,9-11,21,23,25-27H2,1-8H3,(H,61,78)(H,62,81)(H,63,79)(H,64,83)(H,65,77)(H,66,80)(H,67,82)/t30-,31-,32+,39-,40-,41-,42-,44+,45+,46-,47-,48-,49?/m0/s1. The number of esters is 1. The third-order valence-electron chi connectivity index (χ3n) is 15.1. The summed E-state index contributed by atoms with van der Waals surface area (Å²) in [7, 11) is 1.21. The number of likely N-dealkylation sites (N-methyl/N-ethyl adjacent to an activating group) is 1. The quantitative estimate of drug-likeness (QED) is 0.0598. The van der Waals surface area contributed by atoms with Crippen molar-refractivity contribution in [2.24, 2.45) is 11.8 Å². The van der Waals surface area contributed by atoms with Gasteiger partial charge in [0.15, 0.2) is 6.10 Å². The van der Waals surface area contributed by atoms with Gasteiger partial charge in [0.05, 0.1) is 17.2 Å². The molecule has 0 aliphatic carbocycles. The molecule has 2 fully saturated rings. The first-order valence-electron chi connectivity index (χ1n) is 28.5. The first-order chi connectivity index (χ1) is 40.9. The molecule has 13 atom stereocenters. The molecule has 1 unspecified atom stereocenters. The predicted octanol–water partition coefficient (Wildman–Crippen LogP) is -1.08. The summed E-state index contributed by atoms with van der Waals surface area (Å²) < 4.78 is 6.15. The summed E-state index contributed by atoms with van der Waals surface area (Å²) in [5.41, 5.74) is 1.53. The lowest BCUT2D eigenvalue weighted by Gasteiger charge is -2.43. The number of aromatic hydroxyl groups is 3. The Labute approximate surface area is 511 Å². The molecule has 2 heterocycles. The number of fused-ring (bicyclic) bond motifs is 2. The van der Waals surface area contributed by atoms with E-state index in [0.717, 1.165) is 10.5 Å². The largest absolute Gasteiger partial charge is 0.508 e. The van der Waals surface area contributed by atoms with Gasteiger partial charge < -0.3 is 87.5 Å². The fraction of sp³-hybridized carbons (Fsp3) is 0.525. The normalized spacial score (nSPS) is 23.5. The minimum Gasteiger partial charge on any atom is -0.508 e. The highest BCUT2D eigenvalue weighted by Crippen LogP contribution is 2.28. The van der Waals surface area contributed by atoms with Crippen LogP contribution in [0.15, 0.2) is 71.2 Å². The molecule has 5 rings (SSSR count). The summed E-state index contributed by atoms with van der Waals surface area (Å²) >= 11 is 3.25. The highest BCUT2D eigenvalue weighted by atomic mass is 79.9. The van der Waals surface area contributed by atoms with Gasteiger partial charge >= 0.3 is 5.97 Å². The van der Waals surface area contributed by atoms with E-state index in [1.165, 1.54) is 96.3 Å². The van der Waals surface area contributed by atoms with E-state index in [4.69, 9.17) is 4.74 Å². The highest BCUT2D eigenvalue weighted by Gasteiger charge is 2.47. The Morgan fingerprint density at radius 3 is 1.90 bits per heavy atom. The van der Waals surface area contributed by atoms with Crippen molar-refractivity contribution in [1.82, 2.24) is 47.0 Å². The number of halogens is 1. The van der Waals surface area contributed by atoms with Gasteiger partial charge in [0.1, 0.15) is 84.0 Å². The zero-order chi connectivity index (χ0) is 64.7. The number of carbonyl (C=O) groups is 10. The molecule has 14 N–H and O–H groups in total. The molecule has 476 valence electrons. The molecule has 2 saturated heterocycles. The number of hydrogen-bond acceptors (Lipinski definition) is 18. The Bertz CT molecular complexity index is 2950. The summed E-state index contributed by atoms with van der Waals surface area (Å²) in [6, 6.07) is 1.72. The second kappa shape index (κ2) is 31.6. The SMILES string of the molecule is CC(C)[C@H](NC(=O)[C@H](C)NC(=O)[C@H](CCCc1ccc(O)cc1)NC(=O)[C@H](O)CO)C(=O)N[C@@H]1C(=O)N[C@@H](Cc2ccc(O)cc2)C(=O)N[C@H]2CC[C@@H](O)N(C2=O)C([C@H](C)O)C(=O)N(C)[C@@H](Cc2ccc(O)c(Br)c2)C(=O)N[C@@H](C(C)C)C(=O)O[C@@H]1C. The molecule has 2 aliphatic heterocycles. The molecule has 27 nitrogen and oxygen atoms in total. The van der Waals surface area contributed by atoms with Gasteiger partial charge in [0, 0.05) is 19.9 Å². The third kappa shape index (κ3) is 19.0. The molecular formula is C59H80BrN9O18. The number of phenols is 3. The number of aliphatic hydroxyl groups is 4. The van der Waals surface area contributed by atoms with Crippen LogP contribution in [0.2, 0.25) is 0 Å². The molecule has 0 spiro atoms. The van der Waals surface area contributed by atoms with Gasteiger partial charge in [-0.3, -0.25) is 43.2 Å². The van der Waals surface area contributed by atoms with E-state index in [-0.39, 0.29) is 53.8 Å². The van der Waals surface area contributed by atoms with Crippen molar-refractivity contribution < 1.29 is 88.4 Å². The maximum absolute atomic E-state index is 15.0. The molecule has 3 aromatic carbocycles. The number of aryl methyl sites for hydroxylation is 1. The number of phenolic OH excluding ortho intramolecular Hbond substituents is 3. The summed E-state index contributed by atoms with van der Waals surface area (Å²) in [6.07, 6.45) is -7.36. The van der Waals surface area contributed by atoms with Crippen molar-refractivity contribution in [3.8, 4) is 17.2 Å². The van der Waals surface area contributed by atoms with Crippen LogP contribution >= 0.6 is 15.9 Å². The smallest absolute Gasteiger partial charge is 0.329 e. The molecular weight excluding hydrogens is 1200 g/mol. The van der Waals surface area contributed by atoms with Gasteiger partial charge in [0.2, 0.25) is 47.3 Å². The van der Waals surface area contributed by atoms with Gasteiger partial charge in [-0.05, 0) is 134 Å². The van der Waals surface area contributed by atoms with Crippen LogP contribution in [-0.2, 0) is 71.9 Å².